The van der Waals surface area contributed by atoms with Crippen molar-refractivity contribution in [3.05, 3.63) is 33.8 Å². The van der Waals surface area contributed by atoms with E-state index in [1.807, 2.05) is 6.07 Å². The number of aliphatic hydroxyl groups excluding tert-OH is 1. The van der Waals surface area contributed by atoms with Gasteiger partial charge in [-0.25, -0.2) is 0 Å². The lowest BCUT2D eigenvalue weighted by Gasteiger charge is -2.07. The van der Waals surface area contributed by atoms with Crippen LogP contribution in [0.15, 0.2) is 18.2 Å². The van der Waals surface area contributed by atoms with Crippen LogP contribution in [0.2, 0.25) is 10.0 Å². The molecule has 1 aromatic carbocycles. The van der Waals surface area contributed by atoms with Crippen LogP contribution in [0.25, 0.3) is 0 Å². The lowest BCUT2D eigenvalue weighted by Crippen LogP contribution is -2.25. The second-order valence-corrected chi connectivity index (χ2v) is 4.86. The Kier molecular flexibility index (Phi) is 7.09. The van der Waals surface area contributed by atoms with Crippen molar-refractivity contribution in [2.75, 3.05) is 13.2 Å². The number of unbranched alkanes of at least 4 members (excludes halogenated alkanes) is 1. The lowest BCUT2D eigenvalue weighted by molar-refractivity contribution is -0.121. The van der Waals surface area contributed by atoms with Gasteiger partial charge >= 0.3 is 0 Å². The van der Waals surface area contributed by atoms with E-state index in [0.717, 1.165) is 5.56 Å². The van der Waals surface area contributed by atoms with Gasteiger partial charge in [0.1, 0.15) is 0 Å². The molecule has 0 fully saturated rings. The third-order valence-corrected chi connectivity index (χ3v) is 3.13. The second kappa shape index (κ2) is 8.35. The summed E-state index contributed by atoms with van der Waals surface area (Å²) in [6.07, 6.45) is 2.51. The van der Waals surface area contributed by atoms with Crippen molar-refractivity contribution < 1.29 is 9.90 Å². The number of hydrogen-bond donors (Lipinski definition) is 2. The first-order valence-electron chi connectivity index (χ1n) is 5.95. The average molecular weight is 290 g/mol. The minimum absolute atomic E-state index is 0.00790. The van der Waals surface area contributed by atoms with Crippen LogP contribution in [-0.4, -0.2) is 24.2 Å². The first kappa shape index (κ1) is 15.3. The van der Waals surface area contributed by atoms with Gasteiger partial charge < -0.3 is 10.4 Å². The number of benzene rings is 1. The molecule has 0 aliphatic carbocycles. The molecule has 0 heterocycles. The molecular formula is C13H17Cl2NO2. The van der Waals surface area contributed by atoms with Crippen molar-refractivity contribution in [2.45, 2.75) is 25.7 Å². The fourth-order valence-electron chi connectivity index (χ4n) is 1.55. The van der Waals surface area contributed by atoms with Crippen molar-refractivity contribution >= 4 is 29.1 Å². The number of carbonyl (C=O) groups is 1. The number of halogens is 2. The summed E-state index contributed by atoms with van der Waals surface area (Å²) in [5.41, 5.74) is 0.969. The summed E-state index contributed by atoms with van der Waals surface area (Å²) in [4.78, 5) is 11.4. The first-order chi connectivity index (χ1) is 8.63. The van der Waals surface area contributed by atoms with Crippen molar-refractivity contribution in [3.63, 3.8) is 0 Å². The van der Waals surface area contributed by atoms with Gasteiger partial charge in [0.15, 0.2) is 0 Å². The van der Waals surface area contributed by atoms with Gasteiger partial charge in [-0.15, -0.1) is 0 Å². The van der Waals surface area contributed by atoms with Crippen LogP contribution in [0.4, 0.5) is 0 Å². The molecule has 1 aromatic rings. The molecule has 100 valence electrons. The van der Waals surface area contributed by atoms with E-state index in [1.54, 1.807) is 12.1 Å². The Morgan fingerprint density at radius 2 is 2.06 bits per heavy atom. The Labute approximate surface area is 117 Å². The lowest BCUT2D eigenvalue weighted by atomic mass is 10.1. The fourth-order valence-corrected chi connectivity index (χ4v) is 2.05. The average Bonchev–Trinajstić information content (AvgIpc) is 2.32. The van der Waals surface area contributed by atoms with Gasteiger partial charge in [-0.05, 0) is 37.0 Å². The highest BCUT2D eigenvalue weighted by atomic mass is 35.5. The van der Waals surface area contributed by atoms with Crippen LogP contribution in [0.5, 0.6) is 0 Å². The highest BCUT2D eigenvalue weighted by Crippen LogP contribution is 2.20. The van der Waals surface area contributed by atoms with Gasteiger partial charge in [0.25, 0.3) is 0 Å². The van der Waals surface area contributed by atoms with E-state index < -0.39 is 0 Å². The quantitative estimate of drug-likeness (QED) is 0.759. The molecule has 0 aliphatic heterocycles. The van der Waals surface area contributed by atoms with Gasteiger partial charge in [-0.2, -0.15) is 0 Å². The maximum absolute atomic E-state index is 11.4. The predicted molar refractivity (Wildman–Crippen MR) is 74.1 cm³/mol. The number of aliphatic hydroxyl groups is 1. The molecule has 0 aromatic heterocycles. The third-order valence-electron chi connectivity index (χ3n) is 2.54. The van der Waals surface area contributed by atoms with Gasteiger partial charge in [0.2, 0.25) is 5.91 Å². The van der Waals surface area contributed by atoms with E-state index in [4.69, 9.17) is 28.3 Å². The molecule has 18 heavy (non-hydrogen) atoms. The number of hydrogen-bond acceptors (Lipinski definition) is 2. The molecule has 2 N–H and O–H groups in total. The summed E-state index contributed by atoms with van der Waals surface area (Å²) >= 11 is 11.8. The molecule has 0 saturated heterocycles. The number of amides is 1. The molecule has 0 aliphatic rings. The van der Waals surface area contributed by atoms with Gasteiger partial charge in [0, 0.05) is 29.6 Å². The molecule has 1 rings (SSSR count). The van der Waals surface area contributed by atoms with Gasteiger partial charge in [0.05, 0.1) is 0 Å². The highest BCUT2D eigenvalue weighted by molar-refractivity contribution is 6.35. The molecule has 5 heteroatoms. The van der Waals surface area contributed by atoms with Crippen LogP contribution in [0, 0.1) is 0 Å². The Morgan fingerprint density at radius 3 is 2.72 bits per heavy atom. The molecule has 0 unspecified atom stereocenters. The normalized spacial score (nSPS) is 10.4. The minimum atomic E-state index is 0.00790. The SMILES string of the molecule is O=C(CCCCO)NCCc1ccc(Cl)cc1Cl. The number of nitrogens with one attached hydrogen (secondary N) is 1. The van der Waals surface area contributed by atoms with Crippen LogP contribution in [0.1, 0.15) is 24.8 Å². The van der Waals surface area contributed by atoms with E-state index in [2.05, 4.69) is 5.32 Å². The van der Waals surface area contributed by atoms with E-state index in [1.165, 1.54) is 0 Å². The highest BCUT2D eigenvalue weighted by Gasteiger charge is 2.03. The van der Waals surface area contributed by atoms with E-state index in [9.17, 15) is 4.79 Å². The molecular weight excluding hydrogens is 273 g/mol. The molecule has 1 amide bonds. The summed E-state index contributed by atoms with van der Waals surface area (Å²) in [6, 6.07) is 5.34. The summed E-state index contributed by atoms with van der Waals surface area (Å²) in [5, 5.41) is 12.6. The van der Waals surface area contributed by atoms with Crippen LogP contribution in [-0.2, 0) is 11.2 Å². The van der Waals surface area contributed by atoms with Crippen molar-refractivity contribution in [1.29, 1.82) is 0 Å². The summed E-state index contributed by atoms with van der Waals surface area (Å²) in [7, 11) is 0. The van der Waals surface area contributed by atoms with Crippen molar-refractivity contribution in [1.82, 2.24) is 5.32 Å². The van der Waals surface area contributed by atoms with Gasteiger partial charge in [-0.3, -0.25) is 4.79 Å². The van der Waals surface area contributed by atoms with E-state index in [0.29, 0.717) is 42.3 Å². The van der Waals surface area contributed by atoms with Crippen molar-refractivity contribution in [3.8, 4) is 0 Å². The maximum atomic E-state index is 11.4. The molecule has 0 atom stereocenters. The Morgan fingerprint density at radius 1 is 1.28 bits per heavy atom. The zero-order valence-electron chi connectivity index (χ0n) is 10.1. The summed E-state index contributed by atoms with van der Waals surface area (Å²) < 4.78 is 0. The van der Waals surface area contributed by atoms with Crippen LogP contribution < -0.4 is 5.32 Å². The second-order valence-electron chi connectivity index (χ2n) is 4.02. The number of rotatable bonds is 7. The molecule has 0 saturated carbocycles. The first-order valence-corrected chi connectivity index (χ1v) is 6.70. The minimum Gasteiger partial charge on any atom is -0.396 e. The van der Waals surface area contributed by atoms with Crippen LogP contribution in [0.3, 0.4) is 0 Å². The zero-order chi connectivity index (χ0) is 13.4. The third kappa shape index (κ3) is 5.71. The molecule has 0 spiro atoms. The van der Waals surface area contributed by atoms with E-state index >= 15 is 0 Å². The van der Waals surface area contributed by atoms with Crippen molar-refractivity contribution in [2.24, 2.45) is 0 Å². The summed E-state index contributed by atoms with van der Waals surface area (Å²) in [5.74, 6) is 0.00790. The molecule has 0 radical (unpaired) electrons. The van der Waals surface area contributed by atoms with Crippen LogP contribution >= 0.6 is 23.2 Å². The Bertz CT molecular complexity index is 397. The standard InChI is InChI=1S/C13H17Cl2NO2/c14-11-5-4-10(12(15)9-11)6-7-16-13(18)3-1-2-8-17/h4-5,9,17H,1-3,6-8H2,(H,16,18). The predicted octanol–water partition coefficient (Wildman–Crippen LogP) is 2.81. The molecule has 3 nitrogen and oxygen atoms in total. The monoisotopic (exact) mass is 289 g/mol. The van der Waals surface area contributed by atoms with Gasteiger partial charge in [-0.1, -0.05) is 29.3 Å². The fraction of sp³-hybridized carbons (Fsp3) is 0.462. The van der Waals surface area contributed by atoms with E-state index in [-0.39, 0.29) is 12.5 Å². The molecule has 0 bridgehead atoms. The summed E-state index contributed by atoms with van der Waals surface area (Å²) in [6.45, 7) is 0.687. The smallest absolute Gasteiger partial charge is 0.220 e. The maximum Gasteiger partial charge on any atom is 0.220 e. The Balaban J connectivity index is 2.26. The number of carbonyl (C=O) groups excluding carboxylic acids is 1. The zero-order valence-corrected chi connectivity index (χ0v) is 11.6. The largest absolute Gasteiger partial charge is 0.396 e. The Hall–Kier alpha value is -0.770. The topological polar surface area (TPSA) is 49.3 Å².